The van der Waals surface area contributed by atoms with Crippen molar-refractivity contribution in [3.05, 3.63) is 18.0 Å². The number of hydrogen-bond donors (Lipinski definition) is 1. The molecule has 1 saturated heterocycles. The van der Waals surface area contributed by atoms with Crippen molar-refractivity contribution in [1.82, 2.24) is 15.1 Å². The lowest BCUT2D eigenvalue weighted by atomic mass is 10.1. The second kappa shape index (κ2) is 4.04. The van der Waals surface area contributed by atoms with Gasteiger partial charge in [-0.25, -0.2) is 0 Å². The third-order valence-electron chi connectivity index (χ3n) is 2.91. The van der Waals surface area contributed by atoms with Gasteiger partial charge in [0.2, 0.25) is 5.91 Å². The van der Waals surface area contributed by atoms with E-state index in [1.54, 1.807) is 6.20 Å². The standard InChI is InChI=1S/C11H17N3O/c1-8(2)11(15)14-7-3-4-10(14)9-5-6-12-13-9/h5-6,8,10H,3-4,7H2,1-2H3,(H,12,13)/t10-/m0/s1. The molecule has 1 N–H and O–H groups in total. The minimum Gasteiger partial charge on any atom is -0.334 e. The van der Waals surface area contributed by atoms with E-state index in [2.05, 4.69) is 10.2 Å². The lowest BCUT2D eigenvalue weighted by molar-refractivity contribution is -0.135. The van der Waals surface area contributed by atoms with Gasteiger partial charge < -0.3 is 4.90 Å². The molecule has 0 unspecified atom stereocenters. The summed E-state index contributed by atoms with van der Waals surface area (Å²) in [6.45, 7) is 4.77. The predicted molar refractivity (Wildman–Crippen MR) is 57.1 cm³/mol. The summed E-state index contributed by atoms with van der Waals surface area (Å²) < 4.78 is 0. The lowest BCUT2D eigenvalue weighted by Crippen LogP contribution is -2.33. The predicted octanol–water partition coefficient (Wildman–Crippen LogP) is 1.73. The molecule has 4 nitrogen and oxygen atoms in total. The van der Waals surface area contributed by atoms with Gasteiger partial charge in [-0.15, -0.1) is 0 Å². The minimum absolute atomic E-state index is 0.0773. The molecule has 4 heteroatoms. The number of carbonyl (C=O) groups is 1. The van der Waals surface area contributed by atoms with Gasteiger partial charge in [0.05, 0.1) is 11.7 Å². The molecular weight excluding hydrogens is 190 g/mol. The smallest absolute Gasteiger partial charge is 0.225 e. The molecule has 0 radical (unpaired) electrons. The molecule has 0 bridgehead atoms. The average molecular weight is 207 g/mol. The highest BCUT2D eigenvalue weighted by Crippen LogP contribution is 2.31. The first-order valence-corrected chi connectivity index (χ1v) is 5.50. The Bertz CT molecular complexity index is 332. The van der Waals surface area contributed by atoms with Crippen LogP contribution in [0.4, 0.5) is 0 Å². The number of nitrogens with zero attached hydrogens (tertiary/aromatic N) is 2. The van der Waals surface area contributed by atoms with Crippen molar-refractivity contribution in [3.8, 4) is 0 Å². The van der Waals surface area contributed by atoms with Gasteiger partial charge in [0.1, 0.15) is 0 Å². The quantitative estimate of drug-likeness (QED) is 0.802. The maximum absolute atomic E-state index is 11.9. The molecule has 15 heavy (non-hydrogen) atoms. The maximum atomic E-state index is 11.9. The van der Waals surface area contributed by atoms with Crippen LogP contribution in [-0.2, 0) is 4.79 Å². The van der Waals surface area contributed by atoms with E-state index in [0.717, 1.165) is 25.1 Å². The van der Waals surface area contributed by atoms with Gasteiger partial charge >= 0.3 is 0 Å². The Hall–Kier alpha value is -1.32. The largest absolute Gasteiger partial charge is 0.334 e. The molecular formula is C11H17N3O. The van der Waals surface area contributed by atoms with Crippen LogP contribution in [0.5, 0.6) is 0 Å². The molecule has 1 aromatic heterocycles. The molecule has 1 aliphatic heterocycles. The van der Waals surface area contributed by atoms with E-state index in [1.165, 1.54) is 0 Å². The Balaban J connectivity index is 2.15. The molecule has 1 amide bonds. The van der Waals surface area contributed by atoms with Crippen molar-refractivity contribution in [2.75, 3.05) is 6.54 Å². The fourth-order valence-electron chi connectivity index (χ4n) is 2.14. The number of rotatable bonds is 2. The second-order valence-electron chi connectivity index (χ2n) is 4.36. The number of carbonyl (C=O) groups excluding carboxylic acids is 1. The summed E-state index contributed by atoms with van der Waals surface area (Å²) in [6.07, 6.45) is 3.87. The van der Waals surface area contributed by atoms with E-state index in [4.69, 9.17) is 0 Å². The topological polar surface area (TPSA) is 49.0 Å². The molecule has 82 valence electrons. The Morgan fingerprint density at radius 1 is 1.67 bits per heavy atom. The van der Waals surface area contributed by atoms with E-state index in [1.807, 2.05) is 24.8 Å². The van der Waals surface area contributed by atoms with Crippen molar-refractivity contribution < 1.29 is 4.79 Å². The Kier molecular flexibility index (Phi) is 2.75. The van der Waals surface area contributed by atoms with Crippen molar-refractivity contribution >= 4 is 5.91 Å². The molecule has 1 aliphatic rings. The third-order valence-corrected chi connectivity index (χ3v) is 2.91. The van der Waals surface area contributed by atoms with Gasteiger partial charge in [-0.05, 0) is 18.9 Å². The number of H-pyrrole nitrogens is 1. The van der Waals surface area contributed by atoms with Gasteiger partial charge in [0.25, 0.3) is 0 Å². The summed E-state index contributed by atoms with van der Waals surface area (Å²) in [6, 6.07) is 2.17. The molecule has 1 fully saturated rings. The molecule has 0 saturated carbocycles. The third kappa shape index (κ3) is 1.89. The van der Waals surface area contributed by atoms with Crippen LogP contribution in [-0.4, -0.2) is 27.5 Å². The van der Waals surface area contributed by atoms with E-state index >= 15 is 0 Å². The van der Waals surface area contributed by atoms with Gasteiger partial charge in [-0.1, -0.05) is 13.8 Å². The number of nitrogens with one attached hydrogen (secondary N) is 1. The van der Waals surface area contributed by atoms with Gasteiger partial charge in [0.15, 0.2) is 0 Å². The van der Waals surface area contributed by atoms with Crippen molar-refractivity contribution in [2.45, 2.75) is 32.7 Å². The zero-order valence-corrected chi connectivity index (χ0v) is 9.23. The first-order chi connectivity index (χ1) is 7.20. The Morgan fingerprint density at radius 3 is 3.07 bits per heavy atom. The molecule has 1 aromatic rings. The van der Waals surface area contributed by atoms with Crippen LogP contribution in [0.3, 0.4) is 0 Å². The maximum Gasteiger partial charge on any atom is 0.225 e. The molecule has 0 spiro atoms. The van der Waals surface area contributed by atoms with Crippen LogP contribution in [0.1, 0.15) is 38.4 Å². The van der Waals surface area contributed by atoms with E-state index in [0.29, 0.717) is 0 Å². The van der Waals surface area contributed by atoms with Crippen LogP contribution in [0.2, 0.25) is 0 Å². The summed E-state index contributed by atoms with van der Waals surface area (Å²) in [5.41, 5.74) is 1.06. The van der Waals surface area contributed by atoms with E-state index < -0.39 is 0 Å². The van der Waals surface area contributed by atoms with Gasteiger partial charge in [-0.3, -0.25) is 9.89 Å². The number of likely N-dealkylation sites (tertiary alicyclic amines) is 1. The fraction of sp³-hybridized carbons (Fsp3) is 0.636. The normalized spacial score (nSPS) is 21.3. The highest BCUT2D eigenvalue weighted by molar-refractivity contribution is 5.78. The van der Waals surface area contributed by atoms with Crippen LogP contribution < -0.4 is 0 Å². The summed E-state index contributed by atoms with van der Waals surface area (Å²) in [7, 11) is 0. The molecule has 0 aliphatic carbocycles. The van der Waals surface area contributed by atoms with Crippen LogP contribution in [0, 0.1) is 5.92 Å². The zero-order valence-electron chi connectivity index (χ0n) is 9.23. The Labute approximate surface area is 89.7 Å². The number of aromatic amines is 1. The number of hydrogen-bond acceptors (Lipinski definition) is 2. The van der Waals surface area contributed by atoms with Crippen molar-refractivity contribution in [1.29, 1.82) is 0 Å². The summed E-state index contributed by atoms with van der Waals surface area (Å²) in [4.78, 5) is 13.9. The molecule has 0 aromatic carbocycles. The molecule has 1 atom stereocenters. The van der Waals surface area contributed by atoms with Crippen LogP contribution in [0.25, 0.3) is 0 Å². The number of aromatic nitrogens is 2. The average Bonchev–Trinajstić information content (AvgIpc) is 2.86. The summed E-state index contributed by atoms with van der Waals surface area (Å²) in [5.74, 6) is 0.320. The minimum atomic E-state index is 0.0773. The highest BCUT2D eigenvalue weighted by Gasteiger charge is 2.31. The van der Waals surface area contributed by atoms with E-state index in [-0.39, 0.29) is 17.9 Å². The molecule has 2 heterocycles. The Morgan fingerprint density at radius 2 is 2.47 bits per heavy atom. The van der Waals surface area contributed by atoms with Gasteiger partial charge in [-0.2, -0.15) is 5.10 Å². The van der Waals surface area contributed by atoms with Crippen LogP contribution in [0.15, 0.2) is 12.3 Å². The van der Waals surface area contributed by atoms with Crippen molar-refractivity contribution in [2.24, 2.45) is 5.92 Å². The molecule has 2 rings (SSSR count). The van der Waals surface area contributed by atoms with Gasteiger partial charge in [0, 0.05) is 18.7 Å². The summed E-state index contributed by atoms with van der Waals surface area (Å²) >= 11 is 0. The first kappa shape index (κ1) is 10.2. The second-order valence-corrected chi connectivity index (χ2v) is 4.36. The zero-order chi connectivity index (χ0) is 10.8. The fourth-order valence-corrected chi connectivity index (χ4v) is 2.14. The summed E-state index contributed by atoms with van der Waals surface area (Å²) in [5, 5.41) is 6.90. The monoisotopic (exact) mass is 207 g/mol. The lowest BCUT2D eigenvalue weighted by Gasteiger charge is -2.25. The number of amides is 1. The van der Waals surface area contributed by atoms with Crippen LogP contribution >= 0.6 is 0 Å². The van der Waals surface area contributed by atoms with Crippen molar-refractivity contribution in [3.63, 3.8) is 0 Å². The SMILES string of the molecule is CC(C)C(=O)N1CCC[C@H]1c1ccn[nH]1. The highest BCUT2D eigenvalue weighted by atomic mass is 16.2. The first-order valence-electron chi connectivity index (χ1n) is 5.50. The van der Waals surface area contributed by atoms with E-state index in [9.17, 15) is 4.79 Å².